The van der Waals surface area contributed by atoms with Crippen LogP contribution in [0.4, 0.5) is 0 Å². The van der Waals surface area contributed by atoms with E-state index in [0.29, 0.717) is 19.1 Å². The molecular weight excluding hydrogens is 304 g/mol. The van der Waals surface area contributed by atoms with Gasteiger partial charge < -0.3 is 14.6 Å². The fraction of sp³-hybridized carbons (Fsp3) is 0.950. The molecule has 4 nitrogen and oxygen atoms in total. The van der Waals surface area contributed by atoms with Crippen molar-refractivity contribution in [3.63, 3.8) is 0 Å². The lowest BCUT2D eigenvalue weighted by Crippen LogP contribution is -2.10. The molecule has 0 amide bonds. The van der Waals surface area contributed by atoms with Crippen molar-refractivity contribution >= 4 is 5.97 Å². The summed E-state index contributed by atoms with van der Waals surface area (Å²) in [6, 6.07) is 0. The van der Waals surface area contributed by atoms with Crippen LogP contribution in [0.2, 0.25) is 0 Å². The molecule has 0 aliphatic heterocycles. The second-order valence-corrected chi connectivity index (χ2v) is 6.73. The third kappa shape index (κ3) is 16.3. The number of aliphatic hydroxyl groups excluding tert-OH is 1. The van der Waals surface area contributed by atoms with Crippen LogP contribution in [-0.4, -0.2) is 38.0 Å². The number of ether oxygens (including phenoxy) is 2. The fourth-order valence-electron chi connectivity index (χ4n) is 3.02. The number of carbonyl (C=O) groups is 1. The van der Waals surface area contributed by atoms with Crippen molar-refractivity contribution in [1.82, 2.24) is 0 Å². The van der Waals surface area contributed by atoms with Gasteiger partial charge in [0.15, 0.2) is 0 Å². The second kappa shape index (κ2) is 18.7. The van der Waals surface area contributed by atoms with Crippen LogP contribution in [0.3, 0.4) is 0 Å². The normalized spacial score (nSPS) is 12.3. The van der Waals surface area contributed by atoms with Gasteiger partial charge in [0.05, 0.1) is 13.2 Å². The Morgan fingerprint density at radius 3 is 1.67 bits per heavy atom. The predicted octanol–water partition coefficient (Wildman–Crippen LogP) is 5.02. The third-order valence-corrected chi connectivity index (χ3v) is 4.65. The molecule has 0 radical (unpaired) electrons. The van der Waals surface area contributed by atoms with Gasteiger partial charge in [0.1, 0.15) is 0 Å². The van der Waals surface area contributed by atoms with E-state index in [0.717, 1.165) is 32.1 Å². The zero-order valence-corrected chi connectivity index (χ0v) is 16.1. The number of carbonyl (C=O) groups excluding carboxylic acids is 1. The molecule has 0 heterocycles. The first kappa shape index (κ1) is 23.4. The highest BCUT2D eigenvalue weighted by Crippen LogP contribution is 2.16. The van der Waals surface area contributed by atoms with Gasteiger partial charge in [0.2, 0.25) is 0 Å². The molecule has 0 aliphatic carbocycles. The Hall–Kier alpha value is -0.610. The number of unbranched alkanes of at least 4 members (excludes halogenated alkanes) is 10. The van der Waals surface area contributed by atoms with Crippen molar-refractivity contribution < 1.29 is 19.4 Å². The van der Waals surface area contributed by atoms with E-state index in [1.165, 1.54) is 64.9 Å². The van der Waals surface area contributed by atoms with E-state index in [1.54, 1.807) is 0 Å². The predicted molar refractivity (Wildman–Crippen MR) is 99.2 cm³/mol. The SMILES string of the molecule is COC(=O)CCCCCCC[C@@H](CCCCCCCCCO)OC. The summed E-state index contributed by atoms with van der Waals surface area (Å²) in [6.07, 6.45) is 17.5. The number of rotatable bonds is 18. The molecule has 0 aromatic rings. The number of aliphatic hydroxyl groups is 1. The molecule has 0 saturated carbocycles. The molecule has 0 aromatic carbocycles. The second-order valence-electron chi connectivity index (χ2n) is 6.73. The average molecular weight is 345 g/mol. The third-order valence-electron chi connectivity index (χ3n) is 4.65. The smallest absolute Gasteiger partial charge is 0.305 e. The summed E-state index contributed by atoms with van der Waals surface area (Å²) in [5.74, 6) is -0.0946. The summed E-state index contributed by atoms with van der Waals surface area (Å²) >= 11 is 0. The molecule has 0 rings (SSSR count). The van der Waals surface area contributed by atoms with Gasteiger partial charge in [-0.25, -0.2) is 0 Å². The molecule has 0 fully saturated rings. The van der Waals surface area contributed by atoms with Gasteiger partial charge in [-0.2, -0.15) is 0 Å². The van der Waals surface area contributed by atoms with Crippen molar-refractivity contribution in [2.75, 3.05) is 20.8 Å². The average Bonchev–Trinajstić information content (AvgIpc) is 2.60. The summed E-state index contributed by atoms with van der Waals surface area (Å²) in [5, 5.41) is 8.73. The van der Waals surface area contributed by atoms with Gasteiger partial charge in [-0.1, -0.05) is 64.2 Å². The lowest BCUT2D eigenvalue weighted by atomic mass is 10.0. The lowest BCUT2D eigenvalue weighted by molar-refractivity contribution is -0.140. The van der Waals surface area contributed by atoms with Crippen LogP contribution in [0.1, 0.15) is 96.3 Å². The van der Waals surface area contributed by atoms with Crippen LogP contribution in [0.5, 0.6) is 0 Å². The maximum atomic E-state index is 11.0. The van der Waals surface area contributed by atoms with Crippen LogP contribution in [0.25, 0.3) is 0 Å². The van der Waals surface area contributed by atoms with E-state index in [2.05, 4.69) is 4.74 Å². The van der Waals surface area contributed by atoms with Gasteiger partial charge in [0.25, 0.3) is 0 Å². The quantitative estimate of drug-likeness (QED) is 0.280. The van der Waals surface area contributed by atoms with E-state index >= 15 is 0 Å². The molecule has 1 N–H and O–H groups in total. The van der Waals surface area contributed by atoms with Crippen LogP contribution < -0.4 is 0 Å². The lowest BCUT2D eigenvalue weighted by Gasteiger charge is -2.15. The fourth-order valence-corrected chi connectivity index (χ4v) is 3.02. The van der Waals surface area contributed by atoms with E-state index in [4.69, 9.17) is 9.84 Å². The molecule has 0 saturated heterocycles. The zero-order chi connectivity index (χ0) is 17.9. The van der Waals surface area contributed by atoms with Gasteiger partial charge in [0, 0.05) is 20.1 Å². The Morgan fingerprint density at radius 1 is 0.750 bits per heavy atom. The van der Waals surface area contributed by atoms with Crippen molar-refractivity contribution in [1.29, 1.82) is 0 Å². The molecule has 24 heavy (non-hydrogen) atoms. The Balaban J connectivity index is 3.35. The standard InChI is InChI=1S/C20H40O4/c1-23-19(15-11-7-4-3-5-10-14-18-21)16-12-8-6-9-13-17-20(22)24-2/h19,21H,3-18H2,1-2H3/t19-/m1/s1. The molecule has 4 heteroatoms. The summed E-state index contributed by atoms with van der Waals surface area (Å²) in [4.78, 5) is 11.0. The van der Waals surface area contributed by atoms with Gasteiger partial charge in [-0.15, -0.1) is 0 Å². The van der Waals surface area contributed by atoms with Crippen LogP contribution in [-0.2, 0) is 14.3 Å². The Bertz CT molecular complexity index is 268. The zero-order valence-electron chi connectivity index (χ0n) is 16.1. The Labute approximate surface area is 149 Å². The van der Waals surface area contributed by atoms with E-state index in [-0.39, 0.29) is 5.97 Å². The monoisotopic (exact) mass is 344 g/mol. The number of hydrogen-bond acceptors (Lipinski definition) is 4. The van der Waals surface area contributed by atoms with E-state index < -0.39 is 0 Å². The van der Waals surface area contributed by atoms with Crippen molar-refractivity contribution in [3.05, 3.63) is 0 Å². The van der Waals surface area contributed by atoms with Crippen LogP contribution in [0.15, 0.2) is 0 Å². The highest BCUT2D eigenvalue weighted by molar-refractivity contribution is 5.68. The summed E-state index contributed by atoms with van der Waals surface area (Å²) in [5.41, 5.74) is 0. The van der Waals surface area contributed by atoms with Crippen LogP contribution >= 0.6 is 0 Å². The number of hydrogen-bond donors (Lipinski definition) is 1. The van der Waals surface area contributed by atoms with E-state index in [9.17, 15) is 4.79 Å². The maximum Gasteiger partial charge on any atom is 0.305 e. The summed E-state index contributed by atoms with van der Waals surface area (Å²) in [7, 11) is 3.28. The molecule has 144 valence electrons. The topological polar surface area (TPSA) is 55.8 Å². The minimum Gasteiger partial charge on any atom is -0.469 e. The van der Waals surface area contributed by atoms with Crippen molar-refractivity contribution in [2.24, 2.45) is 0 Å². The first-order chi connectivity index (χ1) is 11.7. The van der Waals surface area contributed by atoms with Crippen molar-refractivity contribution in [3.8, 4) is 0 Å². The van der Waals surface area contributed by atoms with E-state index in [1.807, 2.05) is 7.11 Å². The molecule has 0 unspecified atom stereocenters. The molecular formula is C20H40O4. The van der Waals surface area contributed by atoms with Crippen LogP contribution in [0, 0.1) is 0 Å². The molecule has 1 atom stereocenters. The first-order valence-electron chi connectivity index (χ1n) is 9.95. The molecule has 0 aromatic heterocycles. The number of esters is 1. The Morgan fingerprint density at radius 2 is 1.21 bits per heavy atom. The molecule has 0 bridgehead atoms. The highest BCUT2D eigenvalue weighted by atomic mass is 16.5. The minimum atomic E-state index is -0.0946. The molecule has 0 spiro atoms. The van der Waals surface area contributed by atoms with Gasteiger partial charge in [-0.3, -0.25) is 4.79 Å². The highest BCUT2D eigenvalue weighted by Gasteiger charge is 2.07. The number of methoxy groups -OCH3 is 2. The maximum absolute atomic E-state index is 11.0. The van der Waals surface area contributed by atoms with Gasteiger partial charge in [-0.05, 0) is 25.7 Å². The van der Waals surface area contributed by atoms with Crippen molar-refractivity contribution in [2.45, 2.75) is 102 Å². The molecule has 0 aliphatic rings. The first-order valence-corrected chi connectivity index (χ1v) is 9.95. The Kier molecular flexibility index (Phi) is 18.2. The summed E-state index contributed by atoms with van der Waals surface area (Å²) < 4.78 is 10.2. The minimum absolute atomic E-state index is 0.0946. The van der Waals surface area contributed by atoms with Gasteiger partial charge >= 0.3 is 5.97 Å². The summed E-state index contributed by atoms with van der Waals surface area (Å²) in [6.45, 7) is 0.334. The largest absolute Gasteiger partial charge is 0.469 e.